The fraction of sp³-hybridized carbons (Fsp3) is 0. The zero-order valence-corrected chi connectivity index (χ0v) is 8.30. The van der Waals surface area contributed by atoms with Gasteiger partial charge in [0.15, 0.2) is 5.75 Å². The van der Waals surface area contributed by atoms with Crippen molar-refractivity contribution < 1.29 is 37.3 Å². The molecule has 1 rings (SSSR count). The number of carbonyl (C=O) groups is 1. The largest absolute Gasteiger partial charge is 0.504 e. The Balaban J connectivity index is 3.44. The molecule has 0 aliphatic carbocycles. The fourth-order valence-electron chi connectivity index (χ4n) is 0.919. The summed E-state index contributed by atoms with van der Waals surface area (Å²) in [6, 6.07) is 1.63. The van der Waals surface area contributed by atoms with Gasteiger partial charge < -0.3 is 19.5 Å². The molecule has 0 bridgehead atoms. The summed E-state index contributed by atoms with van der Waals surface area (Å²) in [5.74, 6) is -4.55. The third-order valence-corrected chi connectivity index (χ3v) is 1.91. The van der Waals surface area contributed by atoms with Gasteiger partial charge in [0.1, 0.15) is 5.56 Å². The third-order valence-electron chi connectivity index (χ3n) is 1.53. The van der Waals surface area contributed by atoms with Crippen LogP contribution in [0.15, 0.2) is 12.1 Å². The maximum Gasteiger partial charge on any atom is 0.446 e. The molecule has 0 heterocycles. The SMILES string of the molecule is O=C(O)c1ccc(O)c(O)c1OS(=O)(=O)O. The first-order valence-electron chi connectivity index (χ1n) is 3.67. The van der Waals surface area contributed by atoms with E-state index in [2.05, 4.69) is 4.18 Å². The highest BCUT2D eigenvalue weighted by Gasteiger charge is 2.22. The van der Waals surface area contributed by atoms with E-state index in [-0.39, 0.29) is 0 Å². The van der Waals surface area contributed by atoms with Gasteiger partial charge >= 0.3 is 16.4 Å². The Morgan fingerprint density at radius 1 is 1.25 bits per heavy atom. The van der Waals surface area contributed by atoms with Crippen LogP contribution >= 0.6 is 0 Å². The lowest BCUT2D eigenvalue weighted by Gasteiger charge is -2.08. The van der Waals surface area contributed by atoms with E-state index < -0.39 is 39.2 Å². The van der Waals surface area contributed by atoms with Crippen LogP contribution in [0.5, 0.6) is 17.2 Å². The van der Waals surface area contributed by atoms with Crippen LogP contribution in [0.1, 0.15) is 10.4 Å². The highest BCUT2D eigenvalue weighted by Crippen LogP contribution is 2.38. The molecule has 0 aliphatic rings. The monoisotopic (exact) mass is 250 g/mol. The maximum atomic E-state index is 10.6. The standard InChI is InChI=1S/C7H6O8S/c8-4-2-1-3(7(10)11)6(5(4)9)15-16(12,13)14/h1-2,8-9H,(H,10,11)(H,12,13,14). The van der Waals surface area contributed by atoms with Gasteiger partial charge in [-0.3, -0.25) is 4.55 Å². The smallest absolute Gasteiger partial charge is 0.446 e. The van der Waals surface area contributed by atoms with E-state index in [1.54, 1.807) is 0 Å². The van der Waals surface area contributed by atoms with Crippen LogP contribution in [0.3, 0.4) is 0 Å². The molecule has 1 aromatic carbocycles. The minimum Gasteiger partial charge on any atom is -0.504 e. The van der Waals surface area contributed by atoms with Crippen LogP contribution in [0, 0.1) is 0 Å². The first-order chi connectivity index (χ1) is 7.22. The summed E-state index contributed by atoms with van der Waals surface area (Å²) in [5.41, 5.74) is -0.729. The Hall–Kier alpha value is -2.00. The Bertz CT molecular complexity index is 532. The Morgan fingerprint density at radius 3 is 2.25 bits per heavy atom. The second-order valence-electron chi connectivity index (χ2n) is 2.63. The summed E-state index contributed by atoms with van der Waals surface area (Å²) in [4.78, 5) is 10.6. The van der Waals surface area contributed by atoms with Gasteiger partial charge in [-0.05, 0) is 12.1 Å². The molecule has 0 atom stereocenters. The van der Waals surface area contributed by atoms with Gasteiger partial charge in [-0.25, -0.2) is 4.79 Å². The van der Waals surface area contributed by atoms with E-state index in [1.807, 2.05) is 0 Å². The quantitative estimate of drug-likeness (QED) is 0.433. The van der Waals surface area contributed by atoms with Crippen molar-refractivity contribution in [3.63, 3.8) is 0 Å². The Morgan fingerprint density at radius 2 is 1.81 bits per heavy atom. The van der Waals surface area contributed by atoms with Gasteiger partial charge in [-0.2, -0.15) is 8.42 Å². The summed E-state index contributed by atoms with van der Waals surface area (Å²) in [7, 11) is -5.01. The number of hydrogen-bond donors (Lipinski definition) is 4. The van der Waals surface area contributed by atoms with Gasteiger partial charge in [0.2, 0.25) is 11.5 Å². The lowest BCUT2D eigenvalue weighted by molar-refractivity contribution is 0.0694. The molecule has 0 amide bonds. The topological polar surface area (TPSA) is 141 Å². The van der Waals surface area contributed by atoms with Crippen molar-refractivity contribution in [2.75, 3.05) is 0 Å². The molecule has 0 radical (unpaired) electrons. The molecule has 1 aromatic rings. The fourth-order valence-corrected chi connectivity index (χ4v) is 1.30. The Labute approximate surface area is 89.3 Å². The van der Waals surface area contributed by atoms with E-state index in [0.29, 0.717) is 0 Å². The first kappa shape index (κ1) is 12.1. The molecule has 0 spiro atoms. The zero-order valence-electron chi connectivity index (χ0n) is 7.48. The van der Waals surface area contributed by atoms with Gasteiger partial charge in [0.25, 0.3) is 0 Å². The van der Waals surface area contributed by atoms with Gasteiger partial charge in [-0.15, -0.1) is 0 Å². The van der Waals surface area contributed by atoms with E-state index in [9.17, 15) is 18.3 Å². The predicted octanol–water partition coefficient (Wildman–Crippen LogP) is -0.0224. The number of aromatic hydroxyl groups is 2. The lowest BCUT2D eigenvalue weighted by Crippen LogP contribution is -2.10. The Kier molecular flexibility index (Phi) is 2.92. The minimum atomic E-state index is -5.01. The molecule has 0 fully saturated rings. The van der Waals surface area contributed by atoms with Crippen LogP contribution in [-0.4, -0.2) is 34.3 Å². The molecule has 0 aromatic heterocycles. The van der Waals surface area contributed by atoms with Crippen molar-refractivity contribution in [3.8, 4) is 17.2 Å². The van der Waals surface area contributed by atoms with E-state index in [1.165, 1.54) is 0 Å². The van der Waals surface area contributed by atoms with Crippen molar-refractivity contribution in [1.29, 1.82) is 0 Å². The van der Waals surface area contributed by atoms with Crippen LogP contribution < -0.4 is 4.18 Å². The molecule has 16 heavy (non-hydrogen) atoms. The summed E-state index contributed by atoms with van der Waals surface area (Å²) >= 11 is 0. The average Bonchev–Trinajstić information content (AvgIpc) is 2.10. The molecule has 0 saturated carbocycles. The summed E-state index contributed by atoms with van der Waals surface area (Å²) in [5, 5.41) is 26.8. The number of rotatable bonds is 3. The normalized spacial score (nSPS) is 11.1. The van der Waals surface area contributed by atoms with Gasteiger partial charge in [0, 0.05) is 0 Å². The summed E-state index contributed by atoms with van der Waals surface area (Å²) in [6.45, 7) is 0. The van der Waals surface area contributed by atoms with Crippen molar-refractivity contribution in [1.82, 2.24) is 0 Å². The number of hydrogen-bond acceptors (Lipinski definition) is 6. The zero-order chi connectivity index (χ0) is 12.5. The summed E-state index contributed by atoms with van der Waals surface area (Å²) < 4.78 is 33.0. The van der Waals surface area contributed by atoms with Crippen molar-refractivity contribution in [2.45, 2.75) is 0 Å². The molecule has 8 nitrogen and oxygen atoms in total. The molecule has 0 aliphatic heterocycles. The van der Waals surface area contributed by atoms with Gasteiger partial charge in [0.05, 0.1) is 0 Å². The van der Waals surface area contributed by atoms with Gasteiger partial charge in [-0.1, -0.05) is 0 Å². The van der Waals surface area contributed by atoms with E-state index >= 15 is 0 Å². The van der Waals surface area contributed by atoms with E-state index in [0.717, 1.165) is 12.1 Å². The average molecular weight is 250 g/mol. The molecule has 4 N–H and O–H groups in total. The maximum absolute atomic E-state index is 10.6. The number of carboxylic acid groups (broad SMARTS) is 1. The molecular formula is C7H6O8S. The number of phenols is 2. The second kappa shape index (κ2) is 3.87. The predicted molar refractivity (Wildman–Crippen MR) is 48.9 cm³/mol. The number of aromatic carboxylic acids is 1. The molecule has 0 unspecified atom stereocenters. The van der Waals surface area contributed by atoms with Crippen LogP contribution in [-0.2, 0) is 10.4 Å². The van der Waals surface area contributed by atoms with Crippen LogP contribution in [0.2, 0.25) is 0 Å². The number of phenolic OH excluding ortho intramolecular Hbond substituents is 2. The highest BCUT2D eigenvalue weighted by atomic mass is 32.3. The van der Waals surface area contributed by atoms with Crippen LogP contribution in [0.4, 0.5) is 0 Å². The minimum absolute atomic E-state index is 0.729. The van der Waals surface area contributed by atoms with E-state index in [4.69, 9.17) is 14.8 Å². The molecular weight excluding hydrogens is 244 g/mol. The lowest BCUT2D eigenvalue weighted by atomic mass is 10.2. The van der Waals surface area contributed by atoms with Crippen molar-refractivity contribution >= 4 is 16.4 Å². The van der Waals surface area contributed by atoms with Crippen molar-refractivity contribution in [3.05, 3.63) is 17.7 Å². The molecule has 88 valence electrons. The van der Waals surface area contributed by atoms with Crippen molar-refractivity contribution in [2.24, 2.45) is 0 Å². The molecule has 0 saturated heterocycles. The number of carboxylic acids is 1. The molecule has 9 heteroatoms. The summed E-state index contributed by atoms with van der Waals surface area (Å²) in [6.07, 6.45) is 0. The first-order valence-corrected chi connectivity index (χ1v) is 5.04. The number of benzene rings is 1. The highest BCUT2D eigenvalue weighted by molar-refractivity contribution is 7.81. The second-order valence-corrected chi connectivity index (χ2v) is 3.65. The van der Waals surface area contributed by atoms with Crippen LogP contribution in [0.25, 0.3) is 0 Å². The third kappa shape index (κ3) is 2.52.